The Balaban J connectivity index is 1.72. The number of hydrogen-bond acceptors (Lipinski definition) is 5. The number of benzene rings is 1. The minimum atomic E-state index is -0.468. The van der Waals surface area contributed by atoms with Gasteiger partial charge in [-0.3, -0.25) is 4.79 Å². The van der Waals surface area contributed by atoms with E-state index in [1.165, 1.54) is 0 Å². The van der Waals surface area contributed by atoms with Crippen molar-refractivity contribution < 1.29 is 9.32 Å². The van der Waals surface area contributed by atoms with Crippen molar-refractivity contribution in [1.29, 1.82) is 0 Å². The number of carbonyl (C=O) groups excluding carboxylic acids is 1. The van der Waals surface area contributed by atoms with Crippen LogP contribution in [-0.2, 0) is 4.79 Å². The van der Waals surface area contributed by atoms with Crippen LogP contribution in [0.4, 0.5) is 5.69 Å². The lowest BCUT2D eigenvalue weighted by Gasteiger charge is -2.19. The zero-order valence-corrected chi connectivity index (χ0v) is 18.1. The van der Waals surface area contributed by atoms with Gasteiger partial charge in [-0.05, 0) is 44.5 Å². The Morgan fingerprint density at radius 1 is 1.07 bits per heavy atom. The second-order valence-corrected chi connectivity index (χ2v) is 8.58. The number of carbonyl (C=O) groups is 1. The smallest absolute Gasteiger partial charge is 0.229 e. The van der Waals surface area contributed by atoms with Gasteiger partial charge in [0.05, 0.1) is 28.8 Å². The summed E-state index contributed by atoms with van der Waals surface area (Å²) >= 11 is 0. The van der Waals surface area contributed by atoms with Gasteiger partial charge in [-0.15, -0.1) is 0 Å². The Kier molecular flexibility index (Phi) is 4.68. The van der Waals surface area contributed by atoms with Crippen LogP contribution in [0.3, 0.4) is 0 Å². The summed E-state index contributed by atoms with van der Waals surface area (Å²) in [6.45, 7) is 11.4. The zero-order valence-electron chi connectivity index (χ0n) is 18.1. The molecule has 0 aliphatic heterocycles. The summed E-state index contributed by atoms with van der Waals surface area (Å²) in [5.74, 6) is 0.709. The Bertz CT molecular complexity index is 1240. The minimum absolute atomic E-state index is 0.0245. The number of anilines is 1. The molecule has 4 aromatic rings. The van der Waals surface area contributed by atoms with E-state index in [1.54, 1.807) is 4.52 Å². The third kappa shape index (κ3) is 3.58. The molecule has 0 atom stereocenters. The van der Waals surface area contributed by atoms with Gasteiger partial charge in [0.1, 0.15) is 5.76 Å². The average Bonchev–Trinajstić information content (AvgIpc) is 3.25. The summed E-state index contributed by atoms with van der Waals surface area (Å²) in [5, 5.41) is 11.7. The number of nitrogens with zero attached hydrogens (tertiary/aromatic N) is 4. The van der Waals surface area contributed by atoms with Crippen LogP contribution in [-0.4, -0.2) is 25.7 Å². The molecule has 0 bridgehead atoms. The molecule has 0 aliphatic rings. The van der Waals surface area contributed by atoms with E-state index >= 15 is 0 Å². The summed E-state index contributed by atoms with van der Waals surface area (Å²) in [6, 6.07) is 9.78. The third-order valence-electron chi connectivity index (χ3n) is 5.07. The van der Waals surface area contributed by atoms with Gasteiger partial charge in [0.2, 0.25) is 5.91 Å². The van der Waals surface area contributed by atoms with E-state index < -0.39 is 5.41 Å². The topological polar surface area (TPSA) is 85.3 Å². The highest BCUT2D eigenvalue weighted by Gasteiger charge is 2.22. The molecule has 4 rings (SSSR count). The molecule has 30 heavy (non-hydrogen) atoms. The van der Waals surface area contributed by atoms with E-state index in [0.717, 1.165) is 50.9 Å². The highest BCUT2D eigenvalue weighted by atomic mass is 16.5. The normalized spacial score (nSPS) is 11.8. The Hall–Kier alpha value is -3.48. The van der Waals surface area contributed by atoms with Crippen molar-refractivity contribution >= 4 is 17.2 Å². The fourth-order valence-electron chi connectivity index (χ4n) is 3.23. The second-order valence-electron chi connectivity index (χ2n) is 8.58. The highest BCUT2D eigenvalue weighted by Crippen LogP contribution is 2.28. The quantitative estimate of drug-likeness (QED) is 0.522. The van der Waals surface area contributed by atoms with Crippen molar-refractivity contribution in [2.75, 3.05) is 5.32 Å². The molecule has 1 amide bonds. The number of imidazole rings is 1. The van der Waals surface area contributed by atoms with Crippen LogP contribution in [0.2, 0.25) is 0 Å². The molecule has 3 aromatic heterocycles. The van der Waals surface area contributed by atoms with Crippen molar-refractivity contribution in [2.24, 2.45) is 5.41 Å². The van der Waals surface area contributed by atoms with Gasteiger partial charge in [-0.2, -0.15) is 5.10 Å². The van der Waals surface area contributed by atoms with Crippen molar-refractivity contribution in [3.63, 3.8) is 0 Å². The van der Waals surface area contributed by atoms with E-state index in [4.69, 9.17) is 14.6 Å². The first-order valence-electron chi connectivity index (χ1n) is 9.85. The van der Waals surface area contributed by atoms with Crippen LogP contribution < -0.4 is 5.32 Å². The van der Waals surface area contributed by atoms with Crippen LogP contribution in [0.25, 0.3) is 28.2 Å². The number of hydrogen-bond donors (Lipinski definition) is 1. The number of amides is 1. The summed E-state index contributed by atoms with van der Waals surface area (Å²) in [4.78, 5) is 17.1. The van der Waals surface area contributed by atoms with Gasteiger partial charge in [-0.1, -0.05) is 38.1 Å². The van der Waals surface area contributed by atoms with E-state index in [9.17, 15) is 4.79 Å². The number of fused-ring (bicyclic) bond motifs is 1. The highest BCUT2D eigenvalue weighted by molar-refractivity contribution is 5.95. The molecular formula is C23H25N5O2. The molecule has 0 saturated heterocycles. The standard InChI is InChI=1S/C23H25N5O2/c1-13-7-8-16(11-18(13)25-22(29)23(4,5)6)19-12-28-20(24-19)10-9-17(26-28)21-14(2)27-30-15(21)3/h7-12H,1-6H3,(H,25,29). The lowest BCUT2D eigenvalue weighted by molar-refractivity contribution is -0.123. The molecule has 0 spiro atoms. The molecule has 154 valence electrons. The molecule has 0 unspecified atom stereocenters. The maximum absolute atomic E-state index is 12.4. The molecule has 0 aliphatic carbocycles. The first-order valence-corrected chi connectivity index (χ1v) is 9.85. The minimum Gasteiger partial charge on any atom is -0.361 e. The van der Waals surface area contributed by atoms with Gasteiger partial charge >= 0.3 is 0 Å². The number of nitrogens with one attached hydrogen (secondary N) is 1. The predicted octanol–water partition coefficient (Wildman–Crippen LogP) is 4.96. The molecule has 1 N–H and O–H groups in total. The van der Waals surface area contributed by atoms with Crippen LogP contribution in [0, 0.1) is 26.2 Å². The molecular weight excluding hydrogens is 378 g/mol. The first-order chi connectivity index (χ1) is 14.1. The SMILES string of the molecule is Cc1ccc(-c2cn3nc(-c4c(C)noc4C)ccc3n2)cc1NC(=O)C(C)(C)C. The summed E-state index contributed by atoms with van der Waals surface area (Å²) in [7, 11) is 0. The van der Waals surface area contributed by atoms with E-state index in [1.807, 2.05) is 78.1 Å². The summed E-state index contributed by atoms with van der Waals surface area (Å²) in [5.41, 5.74) is 6.23. The molecule has 3 heterocycles. The lowest BCUT2D eigenvalue weighted by Crippen LogP contribution is -2.27. The molecule has 1 aromatic carbocycles. The fraction of sp³-hybridized carbons (Fsp3) is 0.304. The van der Waals surface area contributed by atoms with Crippen LogP contribution in [0.1, 0.15) is 37.8 Å². The number of aromatic nitrogens is 4. The molecule has 7 nitrogen and oxygen atoms in total. The number of rotatable bonds is 3. The summed E-state index contributed by atoms with van der Waals surface area (Å²) < 4.78 is 7.02. The van der Waals surface area contributed by atoms with Crippen LogP contribution in [0.5, 0.6) is 0 Å². The van der Waals surface area contributed by atoms with Gasteiger partial charge in [0.25, 0.3) is 0 Å². The van der Waals surface area contributed by atoms with Crippen molar-refractivity contribution in [3.8, 4) is 22.5 Å². The molecule has 0 saturated carbocycles. The maximum atomic E-state index is 12.4. The Morgan fingerprint density at radius 2 is 1.83 bits per heavy atom. The largest absolute Gasteiger partial charge is 0.361 e. The van der Waals surface area contributed by atoms with Crippen molar-refractivity contribution in [3.05, 3.63) is 53.5 Å². The average molecular weight is 403 g/mol. The Morgan fingerprint density at radius 3 is 2.50 bits per heavy atom. The molecule has 7 heteroatoms. The van der Waals surface area contributed by atoms with Gasteiger partial charge < -0.3 is 9.84 Å². The van der Waals surface area contributed by atoms with Gasteiger partial charge in [-0.25, -0.2) is 9.50 Å². The fourth-order valence-corrected chi connectivity index (χ4v) is 3.23. The monoisotopic (exact) mass is 403 g/mol. The van der Waals surface area contributed by atoms with Gasteiger partial charge in [0, 0.05) is 16.7 Å². The Labute approximate surface area is 175 Å². The predicted molar refractivity (Wildman–Crippen MR) is 116 cm³/mol. The lowest BCUT2D eigenvalue weighted by atomic mass is 9.95. The maximum Gasteiger partial charge on any atom is 0.229 e. The van der Waals surface area contributed by atoms with Gasteiger partial charge in [0.15, 0.2) is 5.65 Å². The number of aryl methyl sites for hydroxylation is 3. The van der Waals surface area contributed by atoms with Crippen LogP contribution in [0.15, 0.2) is 41.1 Å². The molecule has 0 radical (unpaired) electrons. The van der Waals surface area contributed by atoms with Crippen molar-refractivity contribution in [1.82, 2.24) is 19.8 Å². The van der Waals surface area contributed by atoms with E-state index in [2.05, 4.69) is 10.5 Å². The van der Waals surface area contributed by atoms with Crippen LogP contribution >= 0.6 is 0 Å². The van der Waals surface area contributed by atoms with E-state index in [0.29, 0.717) is 0 Å². The molecule has 0 fully saturated rings. The zero-order chi connectivity index (χ0) is 21.6. The third-order valence-corrected chi connectivity index (χ3v) is 5.07. The summed E-state index contributed by atoms with van der Waals surface area (Å²) in [6.07, 6.45) is 1.89. The second kappa shape index (κ2) is 7.09. The van der Waals surface area contributed by atoms with Crippen molar-refractivity contribution in [2.45, 2.75) is 41.5 Å². The first kappa shape index (κ1) is 19.8. The van der Waals surface area contributed by atoms with E-state index in [-0.39, 0.29) is 5.91 Å².